The summed E-state index contributed by atoms with van der Waals surface area (Å²) < 4.78 is 0. The van der Waals surface area contributed by atoms with Crippen LogP contribution in [0.25, 0.3) is 10.2 Å². The highest BCUT2D eigenvalue weighted by molar-refractivity contribution is 7.18. The number of halogens is 1. The second-order valence-corrected chi connectivity index (χ2v) is 7.05. The summed E-state index contributed by atoms with van der Waals surface area (Å²) >= 11 is 7.71. The van der Waals surface area contributed by atoms with Crippen LogP contribution >= 0.6 is 22.9 Å². The number of aromatic nitrogens is 2. The molecule has 2 rings (SSSR count). The predicted octanol–water partition coefficient (Wildman–Crippen LogP) is 4.52. The molecule has 2 aromatic rings. The van der Waals surface area contributed by atoms with E-state index >= 15 is 0 Å². The molecule has 2 heterocycles. The Hall–Kier alpha value is -0.870. The van der Waals surface area contributed by atoms with Crippen LogP contribution in [0.3, 0.4) is 0 Å². The molecule has 2 aromatic heterocycles. The quantitative estimate of drug-likeness (QED) is 0.777. The van der Waals surface area contributed by atoms with Crippen LogP contribution in [0.2, 0.25) is 5.28 Å². The van der Waals surface area contributed by atoms with Gasteiger partial charge in [-0.25, -0.2) is 4.98 Å². The van der Waals surface area contributed by atoms with Gasteiger partial charge in [0.1, 0.15) is 10.6 Å². The Morgan fingerprint density at radius 3 is 2.63 bits per heavy atom. The summed E-state index contributed by atoms with van der Waals surface area (Å²) in [6.07, 6.45) is 1.13. The first kappa shape index (κ1) is 14.5. The minimum absolute atomic E-state index is 0.327. The molecule has 1 atom stereocenters. The lowest BCUT2D eigenvalue weighted by atomic mass is 10.0. The standard InChI is InChI=1S/C14H20ClN3S/c1-8(2)6-9(3)18(5)12-11-7-10(4)19-13(11)17-14(15)16-12/h7-9H,6H2,1-5H3. The molecule has 0 saturated heterocycles. The first-order valence-corrected chi connectivity index (χ1v) is 7.74. The summed E-state index contributed by atoms with van der Waals surface area (Å²) in [4.78, 5) is 13.1. The predicted molar refractivity (Wildman–Crippen MR) is 84.5 cm³/mol. The summed E-state index contributed by atoms with van der Waals surface area (Å²) in [7, 11) is 2.08. The number of rotatable bonds is 4. The molecule has 0 spiro atoms. The first-order chi connectivity index (χ1) is 8.88. The van der Waals surface area contributed by atoms with Crippen molar-refractivity contribution in [3.8, 4) is 0 Å². The zero-order valence-corrected chi connectivity index (χ0v) is 13.6. The molecule has 0 saturated carbocycles. The molecule has 0 fully saturated rings. The van der Waals surface area contributed by atoms with Crippen molar-refractivity contribution < 1.29 is 0 Å². The number of hydrogen-bond donors (Lipinski definition) is 0. The highest BCUT2D eigenvalue weighted by atomic mass is 35.5. The van der Waals surface area contributed by atoms with Crippen LogP contribution in [0.1, 0.15) is 32.1 Å². The Morgan fingerprint density at radius 2 is 2.00 bits per heavy atom. The van der Waals surface area contributed by atoms with Crippen LogP contribution in [0.4, 0.5) is 5.82 Å². The molecule has 0 radical (unpaired) electrons. The van der Waals surface area contributed by atoms with Crippen molar-refractivity contribution in [3.63, 3.8) is 0 Å². The molecule has 0 N–H and O–H groups in total. The van der Waals surface area contributed by atoms with Crippen molar-refractivity contribution in [2.45, 2.75) is 40.2 Å². The molecule has 1 unspecified atom stereocenters. The van der Waals surface area contributed by atoms with Crippen LogP contribution in [-0.4, -0.2) is 23.1 Å². The maximum Gasteiger partial charge on any atom is 0.225 e. The van der Waals surface area contributed by atoms with Gasteiger partial charge in [-0.3, -0.25) is 0 Å². The van der Waals surface area contributed by atoms with E-state index in [9.17, 15) is 0 Å². The molecule has 0 bridgehead atoms. The van der Waals surface area contributed by atoms with Gasteiger partial charge in [0.15, 0.2) is 0 Å². The van der Waals surface area contributed by atoms with Crippen LogP contribution in [-0.2, 0) is 0 Å². The Balaban J connectivity index is 2.43. The largest absolute Gasteiger partial charge is 0.356 e. The van der Waals surface area contributed by atoms with Gasteiger partial charge in [-0.1, -0.05) is 13.8 Å². The van der Waals surface area contributed by atoms with Gasteiger partial charge in [0, 0.05) is 18.0 Å². The lowest BCUT2D eigenvalue weighted by molar-refractivity contribution is 0.502. The van der Waals surface area contributed by atoms with Crippen molar-refractivity contribution in [1.29, 1.82) is 0 Å². The van der Waals surface area contributed by atoms with E-state index in [-0.39, 0.29) is 0 Å². The third-order valence-corrected chi connectivity index (χ3v) is 4.39. The van der Waals surface area contributed by atoms with E-state index < -0.39 is 0 Å². The number of nitrogens with zero attached hydrogens (tertiary/aromatic N) is 3. The van der Waals surface area contributed by atoms with E-state index in [1.165, 1.54) is 4.88 Å². The molecule has 3 nitrogen and oxygen atoms in total. The van der Waals surface area contributed by atoms with E-state index in [2.05, 4.69) is 55.7 Å². The van der Waals surface area contributed by atoms with Crippen molar-refractivity contribution in [2.75, 3.05) is 11.9 Å². The molecule has 0 aliphatic carbocycles. The lowest BCUT2D eigenvalue weighted by Gasteiger charge is -2.27. The monoisotopic (exact) mass is 297 g/mol. The molecule has 0 aliphatic rings. The van der Waals surface area contributed by atoms with Crippen LogP contribution in [0.15, 0.2) is 6.07 Å². The van der Waals surface area contributed by atoms with Gasteiger partial charge in [-0.15, -0.1) is 11.3 Å². The van der Waals surface area contributed by atoms with Crippen LogP contribution < -0.4 is 4.90 Å². The van der Waals surface area contributed by atoms with E-state index in [4.69, 9.17) is 11.6 Å². The van der Waals surface area contributed by atoms with Crippen LogP contribution in [0.5, 0.6) is 0 Å². The minimum atomic E-state index is 0.327. The molecule has 0 aliphatic heterocycles. The highest BCUT2D eigenvalue weighted by Crippen LogP contribution is 2.32. The SMILES string of the molecule is Cc1cc2c(N(C)C(C)CC(C)C)nc(Cl)nc2s1. The number of thiophene rings is 1. The summed E-state index contributed by atoms with van der Waals surface area (Å²) in [6.45, 7) is 8.78. The van der Waals surface area contributed by atoms with Gasteiger partial charge in [0.25, 0.3) is 0 Å². The molecule has 0 aromatic carbocycles. The van der Waals surface area contributed by atoms with E-state index in [0.717, 1.165) is 22.5 Å². The fourth-order valence-corrected chi connectivity index (χ4v) is 3.41. The van der Waals surface area contributed by atoms with Gasteiger partial charge in [-0.05, 0) is 43.9 Å². The van der Waals surface area contributed by atoms with E-state index in [1.54, 1.807) is 11.3 Å². The summed E-state index contributed by atoms with van der Waals surface area (Å²) in [6, 6.07) is 2.57. The van der Waals surface area contributed by atoms with Gasteiger partial charge in [-0.2, -0.15) is 4.98 Å². The third kappa shape index (κ3) is 3.18. The smallest absolute Gasteiger partial charge is 0.225 e. The maximum absolute atomic E-state index is 6.05. The Bertz CT molecular complexity index is 579. The molecule has 5 heteroatoms. The number of aryl methyl sites for hydroxylation is 1. The van der Waals surface area contributed by atoms with Gasteiger partial charge in [0.05, 0.1) is 5.39 Å². The summed E-state index contributed by atoms with van der Waals surface area (Å²) in [5, 5.41) is 1.43. The maximum atomic E-state index is 6.05. The molecule has 104 valence electrons. The number of anilines is 1. The first-order valence-electron chi connectivity index (χ1n) is 6.55. The fraction of sp³-hybridized carbons (Fsp3) is 0.571. The third-order valence-electron chi connectivity index (χ3n) is 3.28. The zero-order chi connectivity index (χ0) is 14.2. The topological polar surface area (TPSA) is 29.0 Å². The lowest BCUT2D eigenvalue weighted by Crippen LogP contribution is -2.31. The fourth-order valence-electron chi connectivity index (χ4n) is 2.32. The van der Waals surface area contributed by atoms with Crippen molar-refractivity contribution in [3.05, 3.63) is 16.2 Å². The Kier molecular flexibility index (Phi) is 4.31. The Morgan fingerprint density at radius 1 is 1.32 bits per heavy atom. The van der Waals surface area contributed by atoms with Crippen molar-refractivity contribution in [1.82, 2.24) is 9.97 Å². The molecule has 0 amide bonds. The van der Waals surface area contributed by atoms with Crippen molar-refractivity contribution >= 4 is 39.0 Å². The summed E-state index contributed by atoms with van der Waals surface area (Å²) in [5.41, 5.74) is 0. The van der Waals surface area contributed by atoms with E-state index in [1.807, 2.05) is 0 Å². The molecular weight excluding hydrogens is 278 g/mol. The second kappa shape index (κ2) is 5.63. The van der Waals surface area contributed by atoms with E-state index in [0.29, 0.717) is 17.2 Å². The average molecular weight is 298 g/mol. The second-order valence-electron chi connectivity index (χ2n) is 5.48. The normalized spacial score (nSPS) is 13.2. The van der Waals surface area contributed by atoms with Gasteiger partial charge >= 0.3 is 0 Å². The number of hydrogen-bond acceptors (Lipinski definition) is 4. The van der Waals surface area contributed by atoms with Gasteiger partial charge < -0.3 is 4.90 Å². The molecule has 19 heavy (non-hydrogen) atoms. The minimum Gasteiger partial charge on any atom is -0.356 e. The van der Waals surface area contributed by atoms with Gasteiger partial charge in [0.2, 0.25) is 5.28 Å². The molecular formula is C14H20ClN3S. The zero-order valence-electron chi connectivity index (χ0n) is 12.1. The van der Waals surface area contributed by atoms with Crippen LogP contribution in [0, 0.1) is 12.8 Å². The summed E-state index contributed by atoms with van der Waals surface area (Å²) in [5.74, 6) is 1.60. The Labute approximate surface area is 123 Å². The highest BCUT2D eigenvalue weighted by Gasteiger charge is 2.18. The van der Waals surface area contributed by atoms with Crippen molar-refractivity contribution in [2.24, 2.45) is 5.92 Å². The number of fused-ring (bicyclic) bond motifs is 1. The average Bonchev–Trinajstić information content (AvgIpc) is 2.66.